The molecule has 0 unspecified atom stereocenters. The lowest BCUT2D eigenvalue weighted by Gasteiger charge is -2.00. The number of para-hydroxylation sites is 1. The quantitative estimate of drug-likeness (QED) is 0.641. The van der Waals surface area contributed by atoms with E-state index in [0.717, 1.165) is 5.52 Å². The van der Waals surface area contributed by atoms with Gasteiger partial charge in [0.2, 0.25) is 0 Å². The van der Waals surface area contributed by atoms with Crippen molar-refractivity contribution in [3.8, 4) is 11.8 Å². The Morgan fingerprint density at radius 2 is 2.06 bits per heavy atom. The number of nitrogens with zero attached hydrogens (tertiary/aromatic N) is 1. The maximum absolute atomic E-state index is 11.5. The zero-order valence-electron chi connectivity index (χ0n) is 9.85. The second-order valence-corrected chi connectivity index (χ2v) is 6.35. The number of benzene rings is 1. The van der Waals surface area contributed by atoms with E-state index in [9.17, 15) is 8.42 Å². The molecule has 0 fully saturated rings. The van der Waals surface area contributed by atoms with Crippen LogP contribution in [0.15, 0.2) is 35.4 Å². The van der Waals surface area contributed by atoms with E-state index in [4.69, 9.17) is 10.7 Å². The van der Waals surface area contributed by atoms with Gasteiger partial charge in [-0.15, -0.1) is 11.8 Å². The van der Waals surface area contributed by atoms with Crippen LogP contribution in [-0.4, -0.2) is 13.0 Å². The predicted octanol–water partition coefficient (Wildman–Crippen LogP) is 2.98. The van der Waals surface area contributed by atoms with Crippen LogP contribution in [0.25, 0.3) is 10.9 Å². The summed E-state index contributed by atoms with van der Waals surface area (Å²) in [6.07, 6.45) is 2.25. The molecular weight excluding hydrogens is 270 g/mol. The Morgan fingerprint density at radius 1 is 1.33 bits per heavy atom. The molecule has 0 saturated heterocycles. The van der Waals surface area contributed by atoms with Gasteiger partial charge in [0.25, 0.3) is 9.05 Å². The molecule has 3 nitrogen and oxygen atoms in total. The maximum atomic E-state index is 11.5. The summed E-state index contributed by atoms with van der Waals surface area (Å²) in [6, 6.07) is 7.30. The second kappa shape index (κ2) is 5.05. The number of hydrogen-bond donors (Lipinski definition) is 0. The highest BCUT2D eigenvalue weighted by atomic mass is 35.7. The Balaban J connectivity index is 2.57. The van der Waals surface area contributed by atoms with Crippen molar-refractivity contribution in [3.63, 3.8) is 0 Å². The predicted molar refractivity (Wildman–Crippen MR) is 73.0 cm³/mol. The molecule has 94 valence electrons. The van der Waals surface area contributed by atoms with Crippen molar-refractivity contribution in [1.29, 1.82) is 0 Å². The fraction of sp³-hybridized carbons (Fsp3) is 0.231. The minimum absolute atomic E-state index is 0.157. The molecule has 18 heavy (non-hydrogen) atoms. The highest BCUT2D eigenvalue weighted by molar-refractivity contribution is 8.14. The highest BCUT2D eigenvalue weighted by Crippen LogP contribution is 2.27. The lowest BCUT2D eigenvalue weighted by Crippen LogP contribution is -1.95. The molecule has 0 atom stereocenters. The minimum Gasteiger partial charge on any atom is -0.345 e. The zero-order chi connectivity index (χ0) is 13.2. The monoisotopic (exact) mass is 281 g/mol. The van der Waals surface area contributed by atoms with Crippen LogP contribution in [0, 0.1) is 11.8 Å². The van der Waals surface area contributed by atoms with Crippen molar-refractivity contribution in [2.24, 2.45) is 0 Å². The van der Waals surface area contributed by atoms with Crippen molar-refractivity contribution < 1.29 is 8.42 Å². The Bertz CT molecular complexity index is 735. The first-order chi connectivity index (χ1) is 8.54. The first kappa shape index (κ1) is 13.0. The Hall–Kier alpha value is -1.44. The van der Waals surface area contributed by atoms with Gasteiger partial charge >= 0.3 is 0 Å². The molecule has 0 radical (unpaired) electrons. The summed E-state index contributed by atoms with van der Waals surface area (Å²) < 4.78 is 24.9. The number of halogens is 1. The van der Waals surface area contributed by atoms with Crippen molar-refractivity contribution in [2.45, 2.75) is 24.8 Å². The van der Waals surface area contributed by atoms with Crippen LogP contribution in [0.1, 0.15) is 13.3 Å². The van der Waals surface area contributed by atoms with E-state index in [0.29, 0.717) is 18.4 Å². The van der Waals surface area contributed by atoms with Gasteiger partial charge in [0.05, 0.1) is 0 Å². The molecule has 0 N–H and O–H groups in total. The molecule has 0 spiro atoms. The van der Waals surface area contributed by atoms with Gasteiger partial charge in [-0.2, -0.15) is 0 Å². The van der Waals surface area contributed by atoms with Crippen LogP contribution < -0.4 is 0 Å². The average Bonchev–Trinajstić information content (AvgIpc) is 2.69. The molecule has 1 aromatic heterocycles. The number of aryl methyl sites for hydroxylation is 1. The van der Waals surface area contributed by atoms with Crippen molar-refractivity contribution in [3.05, 3.63) is 30.5 Å². The molecule has 1 aromatic carbocycles. The molecule has 0 aliphatic heterocycles. The lowest BCUT2D eigenvalue weighted by atomic mass is 10.2. The molecule has 1 heterocycles. The van der Waals surface area contributed by atoms with Crippen molar-refractivity contribution in [1.82, 2.24) is 4.57 Å². The van der Waals surface area contributed by atoms with Crippen LogP contribution >= 0.6 is 10.7 Å². The summed E-state index contributed by atoms with van der Waals surface area (Å²) in [4.78, 5) is 0.157. The standard InChI is InChI=1S/C13H12ClNO2S/c1-2-3-6-9-15-10-13(18(14,16)17)11-7-4-5-8-12(11)15/h4-5,7-8,10H,6,9H2,1H3. The Labute approximate surface area is 111 Å². The molecule has 0 saturated carbocycles. The summed E-state index contributed by atoms with van der Waals surface area (Å²) in [5.74, 6) is 5.77. The van der Waals surface area contributed by atoms with Gasteiger partial charge in [0.15, 0.2) is 0 Å². The smallest absolute Gasteiger partial charge is 0.263 e. The van der Waals surface area contributed by atoms with Crippen LogP contribution in [0.5, 0.6) is 0 Å². The normalized spacial score (nSPS) is 11.2. The van der Waals surface area contributed by atoms with E-state index in [-0.39, 0.29) is 4.90 Å². The van der Waals surface area contributed by atoms with Gasteiger partial charge in [0, 0.05) is 40.7 Å². The first-order valence-electron chi connectivity index (χ1n) is 5.46. The average molecular weight is 282 g/mol. The van der Waals surface area contributed by atoms with Crippen LogP contribution in [0.3, 0.4) is 0 Å². The zero-order valence-corrected chi connectivity index (χ0v) is 11.4. The lowest BCUT2D eigenvalue weighted by molar-refractivity contribution is 0.609. The fourth-order valence-corrected chi connectivity index (χ4v) is 2.95. The number of hydrogen-bond acceptors (Lipinski definition) is 2. The van der Waals surface area contributed by atoms with Gasteiger partial charge in [0.1, 0.15) is 4.90 Å². The summed E-state index contributed by atoms with van der Waals surface area (Å²) >= 11 is 0. The van der Waals surface area contributed by atoms with Gasteiger partial charge in [-0.3, -0.25) is 0 Å². The summed E-state index contributed by atoms with van der Waals surface area (Å²) in [5, 5.41) is 0.650. The summed E-state index contributed by atoms with van der Waals surface area (Å²) in [6.45, 7) is 2.43. The number of aromatic nitrogens is 1. The van der Waals surface area contributed by atoms with E-state index in [1.165, 1.54) is 0 Å². The van der Waals surface area contributed by atoms with Gasteiger partial charge in [-0.05, 0) is 13.0 Å². The topological polar surface area (TPSA) is 39.1 Å². The fourth-order valence-electron chi connectivity index (χ4n) is 1.89. The third-order valence-electron chi connectivity index (χ3n) is 2.67. The van der Waals surface area contributed by atoms with E-state index >= 15 is 0 Å². The third-order valence-corrected chi connectivity index (χ3v) is 4.02. The van der Waals surface area contributed by atoms with Crippen molar-refractivity contribution in [2.75, 3.05) is 0 Å². The first-order valence-corrected chi connectivity index (χ1v) is 7.77. The highest BCUT2D eigenvalue weighted by Gasteiger charge is 2.17. The van der Waals surface area contributed by atoms with Crippen LogP contribution in [0.2, 0.25) is 0 Å². The van der Waals surface area contributed by atoms with Crippen molar-refractivity contribution >= 4 is 30.6 Å². The molecular formula is C13H12ClNO2S. The van der Waals surface area contributed by atoms with E-state index < -0.39 is 9.05 Å². The van der Waals surface area contributed by atoms with Gasteiger partial charge in [-0.25, -0.2) is 8.42 Å². The maximum Gasteiger partial charge on any atom is 0.263 e. The van der Waals surface area contributed by atoms with Gasteiger partial charge < -0.3 is 4.57 Å². The molecule has 0 aliphatic rings. The largest absolute Gasteiger partial charge is 0.345 e. The van der Waals surface area contributed by atoms with Gasteiger partial charge in [-0.1, -0.05) is 18.2 Å². The molecule has 2 rings (SSSR count). The molecule has 2 aromatic rings. The SMILES string of the molecule is CC#CCCn1cc(S(=O)(=O)Cl)c2ccccc21. The third kappa shape index (κ3) is 2.53. The van der Waals surface area contributed by atoms with E-state index in [1.807, 2.05) is 16.7 Å². The molecule has 0 amide bonds. The molecule has 0 aliphatic carbocycles. The Morgan fingerprint density at radius 3 is 2.72 bits per heavy atom. The van der Waals surface area contributed by atoms with E-state index in [2.05, 4.69) is 11.8 Å². The molecule has 5 heteroatoms. The summed E-state index contributed by atoms with van der Waals surface area (Å²) in [7, 11) is 1.72. The second-order valence-electron chi connectivity index (χ2n) is 3.82. The molecule has 0 bridgehead atoms. The van der Waals surface area contributed by atoms with E-state index in [1.54, 1.807) is 25.3 Å². The Kier molecular flexibility index (Phi) is 3.65. The minimum atomic E-state index is -3.72. The van der Waals surface area contributed by atoms with Crippen LogP contribution in [-0.2, 0) is 15.6 Å². The summed E-state index contributed by atoms with van der Waals surface area (Å²) in [5.41, 5.74) is 0.856. The number of rotatable bonds is 3. The van der Waals surface area contributed by atoms with Crippen LogP contribution in [0.4, 0.5) is 0 Å². The number of fused-ring (bicyclic) bond motifs is 1.